The van der Waals surface area contributed by atoms with E-state index in [0.717, 1.165) is 12.8 Å². The van der Waals surface area contributed by atoms with Crippen molar-refractivity contribution in [3.63, 3.8) is 0 Å². The summed E-state index contributed by atoms with van der Waals surface area (Å²) < 4.78 is 1.57. The number of imidazole rings is 1. The molecule has 2 N–H and O–H groups in total. The smallest absolute Gasteiger partial charge is 0.221 e. The molecule has 0 saturated carbocycles. The quantitative estimate of drug-likeness (QED) is 0.544. The van der Waals surface area contributed by atoms with Crippen LogP contribution in [-0.2, 0) is 0 Å². The molecule has 1 heterocycles. The molecule has 0 fully saturated rings. The Hall–Kier alpha value is -1.32. The van der Waals surface area contributed by atoms with Crippen LogP contribution in [0.15, 0.2) is 17.5 Å². The lowest BCUT2D eigenvalue weighted by atomic mass is 10.3. The van der Waals surface area contributed by atoms with Crippen LogP contribution >= 0.6 is 0 Å². The molecule has 1 rings (SSSR count). The summed E-state index contributed by atoms with van der Waals surface area (Å²) in [4.78, 5) is 3.84. The summed E-state index contributed by atoms with van der Waals surface area (Å²) in [5.41, 5.74) is 5.49. The molecule has 0 aliphatic heterocycles. The van der Waals surface area contributed by atoms with Gasteiger partial charge in [-0.05, 0) is 12.8 Å². The number of nitrogens with zero attached hydrogens (tertiary/aromatic N) is 3. The molecule has 66 valence electrons. The molecule has 0 bridgehead atoms. The first-order valence-electron chi connectivity index (χ1n) is 4.16. The van der Waals surface area contributed by atoms with Crippen molar-refractivity contribution in [1.29, 1.82) is 0 Å². The van der Waals surface area contributed by atoms with Gasteiger partial charge in [-0.3, -0.25) is 0 Å². The second-order valence-corrected chi connectivity index (χ2v) is 2.57. The number of nitrogen functional groups attached to an aromatic ring is 1. The Balaban J connectivity index is 2.41. The Kier molecular flexibility index (Phi) is 3.32. The van der Waals surface area contributed by atoms with Crippen LogP contribution in [-0.4, -0.2) is 15.9 Å². The minimum Gasteiger partial charge on any atom is -0.368 e. The van der Waals surface area contributed by atoms with Crippen molar-refractivity contribution >= 4 is 12.2 Å². The second kappa shape index (κ2) is 4.54. The number of unbranched alkanes of at least 4 members (excludes halogenated alkanes) is 2. The molecule has 0 amide bonds. The molecule has 0 radical (unpaired) electrons. The van der Waals surface area contributed by atoms with E-state index in [1.54, 1.807) is 17.1 Å². The highest BCUT2D eigenvalue weighted by molar-refractivity contribution is 5.57. The van der Waals surface area contributed by atoms with Crippen LogP contribution < -0.4 is 5.73 Å². The maximum Gasteiger partial charge on any atom is 0.221 e. The average molecular weight is 166 g/mol. The van der Waals surface area contributed by atoms with E-state index in [0.29, 0.717) is 5.95 Å². The topological polar surface area (TPSA) is 56.2 Å². The van der Waals surface area contributed by atoms with Crippen LogP contribution in [0.25, 0.3) is 0 Å². The summed E-state index contributed by atoms with van der Waals surface area (Å²) >= 11 is 0. The van der Waals surface area contributed by atoms with E-state index < -0.39 is 0 Å². The highest BCUT2D eigenvalue weighted by atomic mass is 15.4. The van der Waals surface area contributed by atoms with E-state index in [1.165, 1.54) is 6.42 Å². The molecule has 4 nitrogen and oxygen atoms in total. The summed E-state index contributed by atoms with van der Waals surface area (Å²) in [6.45, 7) is 2.15. The van der Waals surface area contributed by atoms with Crippen LogP contribution in [0, 0.1) is 0 Å². The van der Waals surface area contributed by atoms with Crippen molar-refractivity contribution in [2.45, 2.75) is 26.2 Å². The zero-order chi connectivity index (χ0) is 8.81. The van der Waals surface area contributed by atoms with Crippen LogP contribution in [0.1, 0.15) is 26.2 Å². The molecule has 0 saturated heterocycles. The number of hydrogen-bond acceptors (Lipinski definition) is 3. The Bertz CT molecular complexity index is 251. The normalized spacial score (nSPS) is 11.1. The first-order valence-corrected chi connectivity index (χ1v) is 4.16. The van der Waals surface area contributed by atoms with E-state index in [4.69, 9.17) is 5.73 Å². The summed E-state index contributed by atoms with van der Waals surface area (Å²) in [6.07, 6.45) is 8.57. The molecular weight excluding hydrogens is 152 g/mol. The average Bonchev–Trinajstić information content (AvgIpc) is 2.46. The molecule has 12 heavy (non-hydrogen) atoms. The van der Waals surface area contributed by atoms with Gasteiger partial charge in [-0.25, -0.2) is 9.66 Å². The molecule has 0 aromatic carbocycles. The third-order valence-corrected chi connectivity index (χ3v) is 1.54. The van der Waals surface area contributed by atoms with Gasteiger partial charge in [-0.2, -0.15) is 5.10 Å². The van der Waals surface area contributed by atoms with Gasteiger partial charge < -0.3 is 5.73 Å². The van der Waals surface area contributed by atoms with Gasteiger partial charge in [0.25, 0.3) is 0 Å². The van der Waals surface area contributed by atoms with Gasteiger partial charge in [0.05, 0.1) is 6.20 Å². The maximum atomic E-state index is 5.49. The predicted molar refractivity (Wildman–Crippen MR) is 50.1 cm³/mol. The van der Waals surface area contributed by atoms with E-state index >= 15 is 0 Å². The zero-order valence-electron chi connectivity index (χ0n) is 7.27. The number of anilines is 1. The van der Waals surface area contributed by atoms with E-state index in [9.17, 15) is 0 Å². The first kappa shape index (κ1) is 8.77. The van der Waals surface area contributed by atoms with Gasteiger partial charge in [-0.15, -0.1) is 0 Å². The highest BCUT2D eigenvalue weighted by Gasteiger charge is 1.91. The number of aromatic nitrogens is 2. The van der Waals surface area contributed by atoms with Crippen molar-refractivity contribution < 1.29 is 0 Å². The van der Waals surface area contributed by atoms with Crippen molar-refractivity contribution in [1.82, 2.24) is 9.66 Å². The Morgan fingerprint density at radius 2 is 2.58 bits per heavy atom. The molecule has 4 heteroatoms. The van der Waals surface area contributed by atoms with Gasteiger partial charge in [0.1, 0.15) is 0 Å². The van der Waals surface area contributed by atoms with Crippen LogP contribution in [0.3, 0.4) is 0 Å². The van der Waals surface area contributed by atoms with E-state index in [2.05, 4.69) is 17.0 Å². The van der Waals surface area contributed by atoms with Crippen molar-refractivity contribution in [2.75, 3.05) is 5.73 Å². The second-order valence-electron chi connectivity index (χ2n) is 2.57. The molecule has 0 unspecified atom stereocenters. The van der Waals surface area contributed by atoms with Gasteiger partial charge in [0, 0.05) is 12.4 Å². The molecular formula is C8H14N4. The fourth-order valence-corrected chi connectivity index (χ4v) is 0.847. The lowest BCUT2D eigenvalue weighted by Crippen LogP contribution is -1.96. The summed E-state index contributed by atoms with van der Waals surface area (Å²) in [5, 5.41) is 4.11. The fraction of sp³-hybridized carbons (Fsp3) is 0.500. The van der Waals surface area contributed by atoms with Gasteiger partial charge >= 0.3 is 0 Å². The fourth-order valence-electron chi connectivity index (χ4n) is 0.847. The minimum atomic E-state index is 0.433. The van der Waals surface area contributed by atoms with Gasteiger partial charge in [-0.1, -0.05) is 13.3 Å². The van der Waals surface area contributed by atoms with Crippen LogP contribution in [0.5, 0.6) is 0 Å². The molecule has 1 aromatic heterocycles. The molecule has 0 aliphatic carbocycles. The summed E-state index contributed by atoms with van der Waals surface area (Å²) in [7, 11) is 0. The van der Waals surface area contributed by atoms with E-state index in [-0.39, 0.29) is 0 Å². The van der Waals surface area contributed by atoms with Crippen LogP contribution in [0.4, 0.5) is 5.95 Å². The third kappa shape index (κ3) is 2.38. The summed E-state index contributed by atoms with van der Waals surface area (Å²) in [5.74, 6) is 0.433. The predicted octanol–water partition coefficient (Wildman–Crippen LogP) is 1.49. The number of nitrogens with two attached hydrogens (primary N) is 1. The standard InChI is InChI=1S/C8H14N4/c1-2-3-4-5-11-12-7-6-10-8(12)9/h5-7H,2-4H2,1H3,(H2,9,10). The van der Waals surface area contributed by atoms with Crippen molar-refractivity contribution in [2.24, 2.45) is 5.10 Å². The van der Waals surface area contributed by atoms with Gasteiger partial charge in [0.15, 0.2) is 0 Å². The van der Waals surface area contributed by atoms with E-state index in [1.807, 2.05) is 6.21 Å². The SMILES string of the molecule is CCCCC=Nn1ccnc1N. The largest absolute Gasteiger partial charge is 0.368 e. The Labute approximate surface area is 72.1 Å². The molecule has 1 aromatic rings. The Morgan fingerprint density at radius 1 is 1.75 bits per heavy atom. The minimum absolute atomic E-state index is 0.433. The van der Waals surface area contributed by atoms with Crippen molar-refractivity contribution in [3.05, 3.63) is 12.4 Å². The van der Waals surface area contributed by atoms with Gasteiger partial charge in [0.2, 0.25) is 5.95 Å². The molecule has 0 spiro atoms. The lowest BCUT2D eigenvalue weighted by Gasteiger charge is -1.93. The summed E-state index contributed by atoms with van der Waals surface area (Å²) in [6, 6.07) is 0. The number of rotatable bonds is 4. The Morgan fingerprint density at radius 3 is 3.17 bits per heavy atom. The first-order chi connectivity index (χ1) is 5.84. The lowest BCUT2D eigenvalue weighted by molar-refractivity contribution is 0.826. The third-order valence-electron chi connectivity index (χ3n) is 1.54. The number of hydrogen-bond donors (Lipinski definition) is 1. The maximum absolute atomic E-state index is 5.49. The zero-order valence-corrected chi connectivity index (χ0v) is 7.27. The van der Waals surface area contributed by atoms with Crippen LogP contribution in [0.2, 0.25) is 0 Å². The monoisotopic (exact) mass is 166 g/mol. The molecule has 0 atom stereocenters. The van der Waals surface area contributed by atoms with Crippen molar-refractivity contribution in [3.8, 4) is 0 Å². The highest BCUT2D eigenvalue weighted by Crippen LogP contribution is 1.97. The molecule has 0 aliphatic rings.